The Labute approximate surface area is 129 Å². The minimum absolute atomic E-state index is 0.892. The highest BCUT2D eigenvalue weighted by molar-refractivity contribution is 9.11. The minimum atomic E-state index is 0.892. The zero-order chi connectivity index (χ0) is 13.5. The predicted molar refractivity (Wildman–Crippen MR) is 82.8 cm³/mol. The number of rotatable bonds is 2. The summed E-state index contributed by atoms with van der Waals surface area (Å²) in [5.74, 6) is 0. The molecule has 0 bridgehead atoms. The van der Waals surface area contributed by atoms with E-state index in [2.05, 4.69) is 61.2 Å². The summed E-state index contributed by atoms with van der Waals surface area (Å²) in [4.78, 5) is 8.12. The van der Waals surface area contributed by atoms with E-state index in [1.807, 2.05) is 4.52 Å². The van der Waals surface area contributed by atoms with E-state index >= 15 is 0 Å². The van der Waals surface area contributed by atoms with E-state index in [0.29, 0.717) is 0 Å². The second-order valence-corrected chi connectivity index (χ2v) is 7.23. The number of hydrogen-bond acceptors (Lipinski definition) is 4. The molecular weight excluding hydrogens is 336 g/mol. The lowest BCUT2D eigenvalue weighted by molar-refractivity contribution is 0.239. The van der Waals surface area contributed by atoms with Crippen LogP contribution < -0.4 is 0 Å². The Bertz CT molecular complexity index is 749. The highest BCUT2D eigenvalue weighted by Crippen LogP contribution is 2.26. The molecule has 0 amide bonds. The van der Waals surface area contributed by atoms with Crippen molar-refractivity contribution >= 4 is 32.2 Å². The van der Waals surface area contributed by atoms with Gasteiger partial charge in [0.05, 0.1) is 11.4 Å². The van der Waals surface area contributed by atoms with E-state index in [1.54, 1.807) is 11.3 Å². The van der Waals surface area contributed by atoms with Gasteiger partial charge in [-0.1, -0.05) is 41.7 Å². The van der Waals surface area contributed by atoms with Gasteiger partial charge in [0.15, 0.2) is 3.92 Å². The van der Waals surface area contributed by atoms with E-state index in [-0.39, 0.29) is 0 Å². The molecule has 1 aliphatic heterocycles. The number of halogens is 1. The van der Waals surface area contributed by atoms with Crippen LogP contribution in [-0.2, 0) is 19.5 Å². The van der Waals surface area contributed by atoms with Gasteiger partial charge in [-0.3, -0.25) is 4.90 Å². The lowest BCUT2D eigenvalue weighted by atomic mass is 10.1. The predicted octanol–water partition coefficient (Wildman–Crippen LogP) is 3.11. The molecule has 0 spiro atoms. The zero-order valence-electron chi connectivity index (χ0n) is 10.8. The highest BCUT2D eigenvalue weighted by atomic mass is 79.9. The van der Waals surface area contributed by atoms with Crippen LogP contribution in [0, 0.1) is 0 Å². The lowest BCUT2D eigenvalue weighted by Gasteiger charge is -2.26. The Morgan fingerprint density at radius 1 is 1.25 bits per heavy atom. The van der Waals surface area contributed by atoms with Crippen molar-refractivity contribution in [2.24, 2.45) is 0 Å². The quantitative estimate of drug-likeness (QED) is 0.713. The first kappa shape index (κ1) is 12.5. The van der Waals surface area contributed by atoms with Crippen molar-refractivity contribution in [2.45, 2.75) is 19.5 Å². The average Bonchev–Trinajstić information content (AvgIpc) is 2.96. The molecule has 4 rings (SSSR count). The number of benzene rings is 1. The van der Waals surface area contributed by atoms with Gasteiger partial charge in [-0.05, 0) is 21.5 Å². The Balaban J connectivity index is 1.62. The molecule has 1 aliphatic rings. The maximum atomic E-state index is 4.68. The van der Waals surface area contributed by atoms with Gasteiger partial charge in [0.1, 0.15) is 0 Å². The van der Waals surface area contributed by atoms with E-state index in [0.717, 1.165) is 34.9 Å². The van der Waals surface area contributed by atoms with E-state index < -0.39 is 0 Å². The lowest BCUT2D eigenvalue weighted by Crippen LogP contribution is -2.30. The second kappa shape index (κ2) is 4.95. The van der Waals surface area contributed by atoms with Crippen LogP contribution in [0.25, 0.3) is 4.96 Å². The van der Waals surface area contributed by atoms with Crippen molar-refractivity contribution in [3.8, 4) is 0 Å². The fourth-order valence-corrected chi connectivity index (χ4v) is 3.96. The first-order valence-electron chi connectivity index (χ1n) is 6.59. The minimum Gasteiger partial charge on any atom is -0.293 e. The summed E-state index contributed by atoms with van der Waals surface area (Å²) >= 11 is 5.02. The third kappa shape index (κ3) is 2.17. The van der Waals surface area contributed by atoms with Gasteiger partial charge in [-0.25, -0.2) is 9.50 Å². The fraction of sp³-hybridized carbons (Fsp3) is 0.286. The molecule has 0 saturated heterocycles. The van der Waals surface area contributed by atoms with Gasteiger partial charge in [0, 0.05) is 26.1 Å². The Morgan fingerprint density at radius 3 is 2.95 bits per heavy atom. The number of imidazole rings is 1. The topological polar surface area (TPSA) is 33.4 Å². The van der Waals surface area contributed by atoms with Crippen LogP contribution in [0.5, 0.6) is 0 Å². The number of fused-ring (bicyclic) bond motifs is 3. The zero-order valence-corrected chi connectivity index (χ0v) is 13.2. The van der Waals surface area contributed by atoms with Gasteiger partial charge in [-0.2, -0.15) is 0 Å². The summed E-state index contributed by atoms with van der Waals surface area (Å²) in [6, 6.07) is 10.6. The van der Waals surface area contributed by atoms with Crippen LogP contribution in [-0.4, -0.2) is 26.0 Å². The molecule has 0 aliphatic carbocycles. The van der Waals surface area contributed by atoms with Gasteiger partial charge in [-0.15, -0.1) is 5.10 Å². The Hall–Kier alpha value is -1.24. The van der Waals surface area contributed by atoms with Gasteiger partial charge < -0.3 is 0 Å². The molecule has 0 unspecified atom stereocenters. The van der Waals surface area contributed by atoms with Crippen molar-refractivity contribution in [1.82, 2.24) is 19.5 Å². The third-order valence-corrected chi connectivity index (χ3v) is 4.98. The van der Waals surface area contributed by atoms with Gasteiger partial charge >= 0.3 is 0 Å². The summed E-state index contributed by atoms with van der Waals surface area (Å²) in [5, 5.41) is 4.49. The molecule has 20 heavy (non-hydrogen) atoms. The fourth-order valence-electron chi connectivity index (χ4n) is 2.70. The van der Waals surface area contributed by atoms with Crippen LogP contribution in [0.1, 0.15) is 17.0 Å². The molecule has 4 nitrogen and oxygen atoms in total. The van der Waals surface area contributed by atoms with Crippen LogP contribution in [0.15, 0.2) is 34.2 Å². The summed E-state index contributed by atoms with van der Waals surface area (Å²) in [5.41, 5.74) is 3.81. The maximum Gasteiger partial charge on any atom is 0.213 e. The van der Waals surface area contributed by atoms with Crippen molar-refractivity contribution in [3.63, 3.8) is 0 Å². The first-order chi connectivity index (χ1) is 9.79. The summed E-state index contributed by atoms with van der Waals surface area (Å²) < 4.78 is 2.88. The molecule has 102 valence electrons. The maximum absolute atomic E-state index is 4.68. The third-order valence-electron chi connectivity index (χ3n) is 3.64. The summed E-state index contributed by atoms with van der Waals surface area (Å²) in [6.45, 7) is 2.97. The molecule has 0 saturated carbocycles. The molecule has 0 radical (unpaired) electrons. The van der Waals surface area contributed by atoms with E-state index in [4.69, 9.17) is 0 Å². The van der Waals surface area contributed by atoms with Crippen molar-refractivity contribution < 1.29 is 0 Å². The Kier molecular flexibility index (Phi) is 3.09. The molecule has 2 aromatic heterocycles. The average molecular weight is 349 g/mol. The normalized spacial score (nSPS) is 15.7. The summed E-state index contributed by atoms with van der Waals surface area (Å²) in [7, 11) is 0. The standard InChI is InChI=1S/C14H13BrN4S/c15-13-17-19-12-9-18(8-10-4-2-1-3-5-10)7-6-11(12)16-14(19)20-13/h1-5H,6-9H2. The SMILES string of the molecule is Brc1nn2c3c(nc2s1)CCN(Cc1ccccc1)C3. The van der Waals surface area contributed by atoms with Crippen molar-refractivity contribution in [3.05, 3.63) is 51.2 Å². The van der Waals surface area contributed by atoms with E-state index in [1.165, 1.54) is 17.0 Å². The smallest absolute Gasteiger partial charge is 0.213 e. The molecule has 0 atom stereocenters. The van der Waals surface area contributed by atoms with Crippen LogP contribution in [0.3, 0.4) is 0 Å². The molecular formula is C14H13BrN4S. The second-order valence-electron chi connectivity index (χ2n) is 5.00. The molecule has 6 heteroatoms. The van der Waals surface area contributed by atoms with Crippen LogP contribution in [0.4, 0.5) is 0 Å². The number of hydrogen-bond donors (Lipinski definition) is 0. The number of nitrogens with zero attached hydrogens (tertiary/aromatic N) is 4. The monoisotopic (exact) mass is 348 g/mol. The van der Waals surface area contributed by atoms with Crippen molar-refractivity contribution in [1.29, 1.82) is 0 Å². The first-order valence-corrected chi connectivity index (χ1v) is 8.19. The largest absolute Gasteiger partial charge is 0.293 e. The molecule has 0 N–H and O–H groups in total. The van der Waals surface area contributed by atoms with Crippen molar-refractivity contribution in [2.75, 3.05) is 6.54 Å². The van der Waals surface area contributed by atoms with Crippen LogP contribution in [0.2, 0.25) is 0 Å². The Morgan fingerprint density at radius 2 is 2.10 bits per heavy atom. The van der Waals surface area contributed by atoms with E-state index in [9.17, 15) is 0 Å². The molecule has 3 heterocycles. The van der Waals surface area contributed by atoms with Gasteiger partial charge in [0.25, 0.3) is 0 Å². The molecule has 3 aromatic rings. The van der Waals surface area contributed by atoms with Gasteiger partial charge in [0.2, 0.25) is 4.96 Å². The summed E-state index contributed by atoms with van der Waals surface area (Å²) in [6.07, 6.45) is 1.01. The number of aromatic nitrogens is 3. The highest BCUT2D eigenvalue weighted by Gasteiger charge is 2.23. The molecule has 1 aromatic carbocycles. The molecule has 0 fully saturated rings. The van der Waals surface area contributed by atoms with Crippen LogP contribution >= 0.6 is 27.3 Å².